The number of rotatable bonds is 6. The van der Waals surface area contributed by atoms with Crippen LogP contribution in [0.3, 0.4) is 0 Å². The van der Waals surface area contributed by atoms with Gasteiger partial charge in [0.15, 0.2) is 5.82 Å². The molecule has 110 valence electrons. The van der Waals surface area contributed by atoms with Crippen LogP contribution in [0.5, 0.6) is 0 Å². The van der Waals surface area contributed by atoms with Crippen LogP contribution < -0.4 is 5.73 Å². The summed E-state index contributed by atoms with van der Waals surface area (Å²) in [7, 11) is -4.02. The number of hydrogen-bond acceptors (Lipinski definition) is 3. The number of nitrogens with zero attached hydrogens (tertiary/aromatic N) is 1. The zero-order valence-corrected chi connectivity index (χ0v) is 11.7. The molecule has 20 heavy (non-hydrogen) atoms. The molecular formula is C13H16F2N2O2S. The van der Waals surface area contributed by atoms with Crippen molar-refractivity contribution < 1.29 is 17.2 Å². The monoisotopic (exact) mass is 302 g/mol. The first kappa shape index (κ1) is 15.1. The smallest absolute Gasteiger partial charge is 0.246 e. The van der Waals surface area contributed by atoms with E-state index in [2.05, 4.69) is 6.58 Å². The summed E-state index contributed by atoms with van der Waals surface area (Å²) in [6, 6.07) is 1.73. The summed E-state index contributed by atoms with van der Waals surface area (Å²) < 4.78 is 53.7. The van der Waals surface area contributed by atoms with Gasteiger partial charge in [0.25, 0.3) is 0 Å². The van der Waals surface area contributed by atoms with E-state index in [1.54, 1.807) is 0 Å². The van der Waals surface area contributed by atoms with Crippen molar-refractivity contribution in [2.24, 2.45) is 5.73 Å². The average molecular weight is 302 g/mol. The van der Waals surface area contributed by atoms with Crippen molar-refractivity contribution in [3.8, 4) is 0 Å². The minimum absolute atomic E-state index is 0.0990. The average Bonchev–Trinajstić information content (AvgIpc) is 3.20. The second-order valence-corrected chi connectivity index (χ2v) is 6.50. The van der Waals surface area contributed by atoms with Gasteiger partial charge in [-0.2, -0.15) is 4.31 Å². The quantitative estimate of drug-likeness (QED) is 0.815. The maximum Gasteiger partial charge on any atom is 0.246 e. The number of benzene rings is 1. The molecular weight excluding hydrogens is 286 g/mol. The van der Waals surface area contributed by atoms with E-state index in [0.29, 0.717) is 0 Å². The van der Waals surface area contributed by atoms with Crippen molar-refractivity contribution in [3.05, 3.63) is 42.0 Å². The first-order chi connectivity index (χ1) is 9.43. The molecule has 0 bridgehead atoms. The number of sulfonamides is 1. The highest BCUT2D eigenvalue weighted by Crippen LogP contribution is 2.33. The summed E-state index contributed by atoms with van der Waals surface area (Å²) in [5.41, 5.74) is 4.85. The zero-order chi connectivity index (χ0) is 14.9. The SMILES string of the molecule is C=CCN(C1CC1)S(=O)(=O)c1ccc(F)c(CN)c1F. The Bertz CT molecular complexity index is 628. The van der Waals surface area contributed by atoms with E-state index in [9.17, 15) is 17.2 Å². The van der Waals surface area contributed by atoms with Gasteiger partial charge in [0, 0.05) is 24.7 Å². The lowest BCUT2D eigenvalue weighted by Crippen LogP contribution is -2.34. The second kappa shape index (κ2) is 5.59. The van der Waals surface area contributed by atoms with Crippen LogP contribution in [-0.2, 0) is 16.6 Å². The van der Waals surface area contributed by atoms with Gasteiger partial charge < -0.3 is 5.73 Å². The Morgan fingerprint density at radius 1 is 1.40 bits per heavy atom. The van der Waals surface area contributed by atoms with Crippen LogP contribution in [0.1, 0.15) is 18.4 Å². The van der Waals surface area contributed by atoms with Gasteiger partial charge in [-0.15, -0.1) is 6.58 Å². The van der Waals surface area contributed by atoms with E-state index in [1.807, 2.05) is 0 Å². The van der Waals surface area contributed by atoms with Crippen molar-refractivity contribution in [3.63, 3.8) is 0 Å². The normalized spacial score (nSPS) is 15.6. The summed E-state index contributed by atoms with van der Waals surface area (Å²) in [5, 5.41) is 0. The molecule has 2 rings (SSSR count). The Balaban J connectivity index is 2.51. The second-order valence-electron chi connectivity index (χ2n) is 4.64. The van der Waals surface area contributed by atoms with Crippen molar-refractivity contribution in [1.82, 2.24) is 4.31 Å². The van der Waals surface area contributed by atoms with Crippen LogP contribution in [0, 0.1) is 11.6 Å². The lowest BCUT2D eigenvalue weighted by atomic mass is 10.2. The molecule has 0 unspecified atom stereocenters. The van der Waals surface area contributed by atoms with Gasteiger partial charge in [-0.25, -0.2) is 17.2 Å². The molecule has 7 heteroatoms. The molecule has 1 aliphatic rings. The molecule has 1 aromatic rings. The van der Waals surface area contributed by atoms with E-state index < -0.39 is 38.7 Å². The zero-order valence-electron chi connectivity index (χ0n) is 10.9. The predicted molar refractivity (Wildman–Crippen MR) is 71.4 cm³/mol. The lowest BCUT2D eigenvalue weighted by Gasteiger charge is -2.21. The maximum absolute atomic E-state index is 14.2. The van der Waals surface area contributed by atoms with Crippen LogP contribution in [0.15, 0.2) is 29.7 Å². The van der Waals surface area contributed by atoms with Crippen LogP contribution >= 0.6 is 0 Å². The summed E-state index contributed by atoms with van der Waals surface area (Å²) in [4.78, 5) is -0.534. The number of halogens is 2. The standard InChI is InChI=1S/C13H16F2N2O2S/c1-2-7-17(9-3-4-9)20(18,19)12-6-5-11(14)10(8-16)13(12)15/h2,5-6,9H,1,3-4,7-8,16H2. The number of nitrogens with two attached hydrogens (primary N) is 1. The van der Waals surface area contributed by atoms with E-state index in [4.69, 9.17) is 5.73 Å². The van der Waals surface area contributed by atoms with Crippen LogP contribution in [0.25, 0.3) is 0 Å². The Morgan fingerprint density at radius 2 is 2.05 bits per heavy atom. The Morgan fingerprint density at radius 3 is 2.55 bits per heavy atom. The minimum Gasteiger partial charge on any atom is -0.326 e. The summed E-state index contributed by atoms with van der Waals surface area (Å²) >= 11 is 0. The van der Waals surface area contributed by atoms with E-state index in [1.165, 1.54) is 10.4 Å². The molecule has 0 amide bonds. The van der Waals surface area contributed by atoms with Gasteiger partial charge >= 0.3 is 0 Å². The van der Waals surface area contributed by atoms with E-state index in [0.717, 1.165) is 25.0 Å². The topological polar surface area (TPSA) is 63.4 Å². The molecule has 0 atom stereocenters. The molecule has 0 saturated heterocycles. The van der Waals surface area contributed by atoms with Gasteiger partial charge in [-0.1, -0.05) is 6.08 Å². The van der Waals surface area contributed by atoms with Crippen LogP contribution in [0.2, 0.25) is 0 Å². The molecule has 1 saturated carbocycles. The van der Waals surface area contributed by atoms with E-state index in [-0.39, 0.29) is 12.6 Å². The van der Waals surface area contributed by atoms with Gasteiger partial charge in [0.1, 0.15) is 10.7 Å². The van der Waals surface area contributed by atoms with Gasteiger partial charge in [-0.3, -0.25) is 0 Å². The maximum atomic E-state index is 14.2. The third kappa shape index (κ3) is 2.61. The lowest BCUT2D eigenvalue weighted by molar-refractivity contribution is 0.429. The van der Waals surface area contributed by atoms with Crippen molar-refractivity contribution in [1.29, 1.82) is 0 Å². The number of hydrogen-bond donors (Lipinski definition) is 1. The third-order valence-electron chi connectivity index (χ3n) is 3.20. The molecule has 1 fully saturated rings. The predicted octanol–water partition coefficient (Wildman–Crippen LogP) is 1.76. The fourth-order valence-electron chi connectivity index (χ4n) is 2.02. The largest absolute Gasteiger partial charge is 0.326 e. The summed E-state index contributed by atoms with van der Waals surface area (Å²) in [6.45, 7) is 3.21. The molecule has 0 spiro atoms. The molecule has 0 heterocycles. The first-order valence-corrected chi connectivity index (χ1v) is 7.67. The Labute approximate surface area is 116 Å². The molecule has 4 nitrogen and oxygen atoms in total. The Kier molecular flexibility index (Phi) is 4.22. The highest BCUT2D eigenvalue weighted by molar-refractivity contribution is 7.89. The third-order valence-corrected chi connectivity index (χ3v) is 5.14. The minimum atomic E-state index is -4.02. The highest BCUT2D eigenvalue weighted by Gasteiger charge is 2.39. The van der Waals surface area contributed by atoms with Gasteiger partial charge in [0.2, 0.25) is 10.0 Å². The summed E-state index contributed by atoms with van der Waals surface area (Å²) in [5.74, 6) is -1.95. The molecule has 0 aliphatic heterocycles. The molecule has 2 N–H and O–H groups in total. The Hall–Kier alpha value is -1.31. The van der Waals surface area contributed by atoms with Gasteiger partial charge in [0.05, 0.1) is 0 Å². The van der Waals surface area contributed by atoms with Crippen LogP contribution in [0.4, 0.5) is 8.78 Å². The molecule has 1 aromatic carbocycles. The van der Waals surface area contributed by atoms with Crippen molar-refractivity contribution >= 4 is 10.0 Å². The first-order valence-electron chi connectivity index (χ1n) is 6.23. The van der Waals surface area contributed by atoms with E-state index >= 15 is 0 Å². The van der Waals surface area contributed by atoms with Gasteiger partial charge in [-0.05, 0) is 25.0 Å². The molecule has 1 aliphatic carbocycles. The van der Waals surface area contributed by atoms with Crippen molar-refractivity contribution in [2.75, 3.05) is 6.54 Å². The molecule has 0 radical (unpaired) electrons. The molecule has 0 aromatic heterocycles. The van der Waals surface area contributed by atoms with Crippen molar-refractivity contribution in [2.45, 2.75) is 30.3 Å². The highest BCUT2D eigenvalue weighted by atomic mass is 32.2. The fourth-order valence-corrected chi connectivity index (χ4v) is 3.77. The summed E-state index contributed by atoms with van der Waals surface area (Å²) in [6.07, 6.45) is 2.92. The van der Waals surface area contributed by atoms with Crippen LogP contribution in [-0.4, -0.2) is 25.3 Å². The fraction of sp³-hybridized carbons (Fsp3) is 0.385.